The van der Waals surface area contributed by atoms with Crippen molar-refractivity contribution < 1.29 is 9.59 Å². The van der Waals surface area contributed by atoms with E-state index in [1.165, 1.54) is 0 Å². The first-order valence-corrected chi connectivity index (χ1v) is 8.99. The Bertz CT molecular complexity index is 813. The molecule has 1 N–H and O–H groups in total. The zero-order chi connectivity index (χ0) is 18.9. The molecule has 7 nitrogen and oxygen atoms in total. The van der Waals surface area contributed by atoms with E-state index < -0.39 is 0 Å². The van der Waals surface area contributed by atoms with Crippen molar-refractivity contribution in [3.05, 3.63) is 35.9 Å². The highest BCUT2D eigenvalue weighted by Crippen LogP contribution is 2.24. The molecule has 0 atom stereocenters. The van der Waals surface area contributed by atoms with Gasteiger partial charge in [-0.15, -0.1) is 0 Å². The van der Waals surface area contributed by atoms with E-state index in [0.717, 1.165) is 24.4 Å². The smallest absolute Gasteiger partial charge is 0.272 e. The van der Waals surface area contributed by atoms with Crippen molar-refractivity contribution in [1.82, 2.24) is 24.5 Å². The number of nitrogens with one attached hydrogen (secondary N) is 1. The van der Waals surface area contributed by atoms with E-state index in [2.05, 4.69) is 36.0 Å². The molecule has 0 saturated carbocycles. The summed E-state index contributed by atoms with van der Waals surface area (Å²) in [6.07, 6.45) is 1.91. The van der Waals surface area contributed by atoms with Crippen molar-refractivity contribution in [1.29, 1.82) is 0 Å². The number of piperazine rings is 1. The van der Waals surface area contributed by atoms with Gasteiger partial charge < -0.3 is 19.5 Å². The number of rotatable bonds is 3. The molecule has 0 bridgehead atoms. The molecule has 2 amide bonds. The van der Waals surface area contributed by atoms with E-state index >= 15 is 0 Å². The number of fused-ring (bicyclic) bond motifs is 1. The molecular formula is C19H27N5O2. The summed E-state index contributed by atoms with van der Waals surface area (Å²) in [5.74, 6) is 0.460. The number of imidazole rings is 1. The lowest BCUT2D eigenvalue weighted by atomic mass is 9.96. The molecule has 0 radical (unpaired) electrons. The first-order chi connectivity index (χ1) is 12.3. The molecule has 2 aromatic heterocycles. The van der Waals surface area contributed by atoms with Crippen LogP contribution in [-0.2, 0) is 10.2 Å². The Kier molecular flexibility index (Phi) is 5.00. The van der Waals surface area contributed by atoms with Crippen LogP contribution in [0.3, 0.4) is 0 Å². The fourth-order valence-corrected chi connectivity index (χ4v) is 3.14. The number of carbonyl (C=O) groups is 2. The van der Waals surface area contributed by atoms with Gasteiger partial charge in [0.15, 0.2) is 5.69 Å². The zero-order valence-corrected chi connectivity index (χ0v) is 16.0. The van der Waals surface area contributed by atoms with Crippen molar-refractivity contribution in [2.24, 2.45) is 0 Å². The Morgan fingerprint density at radius 3 is 2.50 bits per heavy atom. The Morgan fingerprint density at radius 2 is 1.85 bits per heavy atom. The number of amides is 2. The fraction of sp³-hybridized carbons (Fsp3) is 0.526. The van der Waals surface area contributed by atoms with Crippen LogP contribution in [0.1, 0.15) is 37.1 Å². The third kappa shape index (κ3) is 3.72. The highest BCUT2D eigenvalue weighted by atomic mass is 16.2. The molecule has 7 heteroatoms. The lowest BCUT2D eigenvalue weighted by Crippen LogP contribution is -2.50. The number of pyridine rings is 1. The summed E-state index contributed by atoms with van der Waals surface area (Å²) in [7, 11) is 2.04. The van der Waals surface area contributed by atoms with Gasteiger partial charge in [-0.05, 0) is 19.2 Å². The van der Waals surface area contributed by atoms with E-state index in [1.807, 2.05) is 35.8 Å². The second-order valence-electron chi connectivity index (χ2n) is 7.86. The maximum atomic E-state index is 12.7. The van der Waals surface area contributed by atoms with E-state index in [1.54, 1.807) is 4.90 Å². The van der Waals surface area contributed by atoms with Crippen molar-refractivity contribution >= 4 is 17.3 Å². The average molecular weight is 357 g/mol. The summed E-state index contributed by atoms with van der Waals surface area (Å²) in [6.45, 7) is 9.31. The van der Waals surface area contributed by atoms with Crippen LogP contribution in [0.25, 0.3) is 5.52 Å². The lowest BCUT2D eigenvalue weighted by Gasteiger charge is -2.32. The Hall–Kier alpha value is -2.41. The molecular weight excluding hydrogens is 330 g/mol. The predicted molar refractivity (Wildman–Crippen MR) is 100 cm³/mol. The quantitative estimate of drug-likeness (QED) is 0.894. The van der Waals surface area contributed by atoms with Crippen LogP contribution >= 0.6 is 0 Å². The van der Waals surface area contributed by atoms with Gasteiger partial charge in [0.2, 0.25) is 5.91 Å². The number of nitrogens with zero attached hydrogens (tertiary/aromatic N) is 4. The molecule has 1 aliphatic rings. The summed E-state index contributed by atoms with van der Waals surface area (Å²) in [5.41, 5.74) is 0.919. The van der Waals surface area contributed by atoms with Gasteiger partial charge in [-0.25, -0.2) is 4.98 Å². The van der Waals surface area contributed by atoms with Gasteiger partial charge in [0.1, 0.15) is 5.82 Å². The summed E-state index contributed by atoms with van der Waals surface area (Å²) in [6, 6.07) is 5.68. The second-order valence-corrected chi connectivity index (χ2v) is 7.86. The van der Waals surface area contributed by atoms with Crippen LogP contribution < -0.4 is 5.32 Å². The van der Waals surface area contributed by atoms with E-state index in [4.69, 9.17) is 0 Å². The molecule has 3 heterocycles. The molecule has 1 saturated heterocycles. The molecule has 1 aliphatic heterocycles. The first kappa shape index (κ1) is 18.4. The van der Waals surface area contributed by atoms with Crippen molar-refractivity contribution in [2.45, 2.75) is 26.2 Å². The van der Waals surface area contributed by atoms with Crippen LogP contribution in [0.2, 0.25) is 0 Å². The van der Waals surface area contributed by atoms with Gasteiger partial charge in [-0.2, -0.15) is 0 Å². The van der Waals surface area contributed by atoms with Crippen LogP contribution in [0, 0.1) is 0 Å². The van der Waals surface area contributed by atoms with Crippen LogP contribution in [0.15, 0.2) is 24.4 Å². The van der Waals surface area contributed by atoms with E-state index in [-0.39, 0.29) is 23.8 Å². The second kappa shape index (κ2) is 7.07. The monoisotopic (exact) mass is 357 g/mol. The molecule has 3 rings (SSSR count). The third-order valence-electron chi connectivity index (χ3n) is 4.69. The lowest BCUT2D eigenvalue weighted by molar-refractivity contribution is -0.131. The van der Waals surface area contributed by atoms with E-state index in [0.29, 0.717) is 18.8 Å². The van der Waals surface area contributed by atoms with Crippen molar-refractivity contribution in [3.63, 3.8) is 0 Å². The summed E-state index contributed by atoms with van der Waals surface area (Å²) in [5, 5.41) is 2.74. The average Bonchev–Trinajstić information content (AvgIpc) is 3.00. The minimum Gasteiger partial charge on any atom is -0.342 e. The van der Waals surface area contributed by atoms with Crippen LogP contribution in [0.5, 0.6) is 0 Å². The van der Waals surface area contributed by atoms with Gasteiger partial charge in [0, 0.05) is 37.8 Å². The first-order valence-electron chi connectivity index (χ1n) is 8.99. The predicted octanol–water partition coefficient (Wildman–Crippen LogP) is 1.14. The van der Waals surface area contributed by atoms with Gasteiger partial charge in [0.25, 0.3) is 5.91 Å². The van der Waals surface area contributed by atoms with Crippen LogP contribution in [-0.4, -0.2) is 70.8 Å². The SMILES string of the molecule is CN1CCN(C(=O)CNC(=O)c2nc(C(C)(C)C)n3ccccc23)CC1. The van der Waals surface area contributed by atoms with E-state index in [9.17, 15) is 9.59 Å². The molecule has 0 unspecified atom stereocenters. The maximum Gasteiger partial charge on any atom is 0.272 e. The maximum absolute atomic E-state index is 12.7. The zero-order valence-electron chi connectivity index (χ0n) is 16.0. The Labute approximate surface area is 154 Å². The molecule has 0 aromatic carbocycles. The molecule has 2 aromatic rings. The molecule has 1 fully saturated rings. The van der Waals surface area contributed by atoms with Crippen molar-refractivity contribution in [2.75, 3.05) is 39.8 Å². The Balaban J connectivity index is 1.73. The Morgan fingerprint density at radius 1 is 1.15 bits per heavy atom. The topological polar surface area (TPSA) is 69.9 Å². The summed E-state index contributed by atoms with van der Waals surface area (Å²) < 4.78 is 1.94. The largest absolute Gasteiger partial charge is 0.342 e. The van der Waals surface area contributed by atoms with Crippen LogP contribution in [0.4, 0.5) is 0 Å². The highest BCUT2D eigenvalue weighted by molar-refractivity contribution is 6.00. The van der Waals surface area contributed by atoms with Gasteiger partial charge in [-0.1, -0.05) is 26.8 Å². The number of carbonyl (C=O) groups excluding carboxylic acids is 2. The normalized spacial score (nSPS) is 16.1. The molecule has 0 aliphatic carbocycles. The minimum atomic E-state index is -0.313. The minimum absolute atomic E-state index is 0.000742. The van der Waals surface area contributed by atoms with Gasteiger partial charge in [-0.3, -0.25) is 9.59 Å². The molecule has 0 spiro atoms. The summed E-state index contributed by atoms with van der Waals surface area (Å²) >= 11 is 0. The van der Waals surface area contributed by atoms with Gasteiger partial charge in [0.05, 0.1) is 12.1 Å². The number of hydrogen-bond acceptors (Lipinski definition) is 4. The summed E-state index contributed by atoms with van der Waals surface area (Å²) in [4.78, 5) is 33.6. The number of hydrogen-bond donors (Lipinski definition) is 1. The van der Waals surface area contributed by atoms with Gasteiger partial charge >= 0.3 is 0 Å². The fourth-order valence-electron chi connectivity index (χ4n) is 3.14. The standard InChI is InChI=1S/C19H27N5O2/c1-19(2,3)18-21-16(14-7-5-6-8-24(14)18)17(26)20-13-15(25)23-11-9-22(4)10-12-23/h5-8H,9-13H2,1-4H3,(H,20,26). The highest BCUT2D eigenvalue weighted by Gasteiger charge is 2.26. The molecule has 140 valence electrons. The third-order valence-corrected chi connectivity index (χ3v) is 4.69. The number of likely N-dealkylation sites (N-methyl/N-ethyl adjacent to an activating group) is 1. The van der Waals surface area contributed by atoms with Crippen molar-refractivity contribution in [3.8, 4) is 0 Å². The molecule has 26 heavy (non-hydrogen) atoms. The number of aromatic nitrogens is 2.